The average Bonchev–Trinajstić information content (AvgIpc) is 2.75. The molecule has 1 N–H and O–H groups in total. The molecule has 1 heterocycles. The van der Waals surface area contributed by atoms with Gasteiger partial charge in [-0.2, -0.15) is 0 Å². The minimum atomic E-state index is 0.766. The normalized spacial score (nSPS) is 18.9. The highest BCUT2D eigenvalue weighted by molar-refractivity contribution is 7.11. The molecule has 0 amide bonds. The van der Waals surface area contributed by atoms with Gasteiger partial charge < -0.3 is 5.32 Å². The quantitative estimate of drug-likeness (QED) is 0.830. The summed E-state index contributed by atoms with van der Waals surface area (Å²) in [6.07, 6.45) is 11.1. The zero-order valence-corrected chi connectivity index (χ0v) is 11.8. The molecule has 1 nitrogen and oxygen atoms in total. The summed E-state index contributed by atoms with van der Waals surface area (Å²) >= 11 is 1.97. The van der Waals surface area contributed by atoms with E-state index in [1.165, 1.54) is 61.1 Å². The number of rotatable bonds is 4. The lowest BCUT2D eigenvalue weighted by molar-refractivity contribution is 0.390. The van der Waals surface area contributed by atoms with Gasteiger partial charge in [0, 0.05) is 22.3 Å². The fraction of sp³-hybridized carbons (Fsp3) is 0.733. The van der Waals surface area contributed by atoms with Crippen LogP contribution >= 0.6 is 11.3 Å². The third kappa shape index (κ3) is 4.44. The molecule has 1 aliphatic carbocycles. The summed E-state index contributed by atoms with van der Waals surface area (Å²) in [7, 11) is 0. The fourth-order valence-electron chi connectivity index (χ4n) is 2.61. The second-order valence-corrected chi connectivity index (χ2v) is 6.40. The molecule has 0 unspecified atom stereocenters. The molecular weight excluding hydrogens is 226 g/mol. The maximum atomic E-state index is 3.75. The lowest BCUT2D eigenvalue weighted by atomic mass is 9.97. The topological polar surface area (TPSA) is 12.0 Å². The van der Waals surface area contributed by atoms with Crippen molar-refractivity contribution in [1.29, 1.82) is 0 Å². The fourth-order valence-corrected chi connectivity index (χ4v) is 3.52. The SMILES string of the molecule is CCc1ccc(CNC2CCCCCCC2)s1. The van der Waals surface area contributed by atoms with Crippen LogP contribution in [0.25, 0.3) is 0 Å². The molecule has 1 aromatic rings. The average molecular weight is 251 g/mol. The van der Waals surface area contributed by atoms with Crippen LogP contribution < -0.4 is 5.32 Å². The Kier molecular flexibility index (Phi) is 5.53. The summed E-state index contributed by atoms with van der Waals surface area (Å²) < 4.78 is 0. The van der Waals surface area contributed by atoms with Crippen molar-refractivity contribution in [2.45, 2.75) is 70.9 Å². The second-order valence-electron chi connectivity index (χ2n) is 5.14. The van der Waals surface area contributed by atoms with Gasteiger partial charge in [-0.1, -0.05) is 39.0 Å². The van der Waals surface area contributed by atoms with Crippen molar-refractivity contribution < 1.29 is 0 Å². The van der Waals surface area contributed by atoms with Gasteiger partial charge in [-0.25, -0.2) is 0 Å². The molecule has 96 valence electrons. The van der Waals surface area contributed by atoms with Crippen molar-refractivity contribution in [3.63, 3.8) is 0 Å². The van der Waals surface area contributed by atoms with Crippen LogP contribution in [0.5, 0.6) is 0 Å². The zero-order valence-electron chi connectivity index (χ0n) is 11.0. The highest BCUT2D eigenvalue weighted by Crippen LogP contribution is 2.20. The molecule has 0 aromatic carbocycles. The number of aryl methyl sites for hydroxylation is 1. The van der Waals surface area contributed by atoms with Crippen molar-refractivity contribution >= 4 is 11.3 Å². The minimum absolute atomic E-state index is 0.766. The van der Waals surface area contributed by atoms with E-state index in [1.807, 2.05) is 11.3 Å². The molecule has 1 saturated carbocycles. The highest BCUT2D eigenvalue weighted by atomic mass is 32.1. The van der Waals surface area contributed by atoms with Crippen LogP contribution in [0.4, 0.5) is 0 Å². The van der Waals surface area contributed by atoms with E-state index < -0.39 is 0 Å². The van der Waals surface area contributed by atoms with Crippen LogP contribution in [0.1, 0.15) is 61.6 Å². The largest absolute Gasteiger partial charge is 0.309 e. The molecule has 1 fully saturated rings. The van der Waals surface area contributed by atoms with E-state index in [4.69, 9.17) is 0 Å². The van der Waals surface area contributed by atoms with Crippen LogP contribution in [0.2, 0.25) is 0 Å². The number of thiophene rings is 1. The first kappa shape index (κ1) is 13.1. The maximum Gasteiger partial charge on any atom is 0.0302 e. The lowest BCUT2D eigenvalue weighted by Gasteiger charge is -2.20. The summed E-state index contributed by atoms with van der Waals surface area (Å²) in [4.78, 5) is 3.02. The first-order valence-electron chi connectivity index (χ1n) is 7.19. The standard InChI is InChI=1S/C15H25NS/c1-2-14-10-11-15(17-14)12-16-13-8-6-4-3-5-7-9-13/h10-11,13,16H,2-9,12H2,1H3. The highest BCUT2D eigenvalue weighted by Gasteiger charge is 2.10. The second kappa shape index (κ2) is 7.17. The Morgan fingerprint density at radius 3 is 2.35 bits per heavy atom. The van der Waals surface area contributed by atoms with Crippen LogP contribution in [0.15, 0.2) is 12.1 Å². The van der Waals surface area contributed by atoms with E-state index in [0.717, 1.165) is 12.6 Å². The molecule has 0 radical (unpaired) electrons. The summed E-state index contributed by atoms with van der Waals surface area (Å²) in [5.41, 5.74) is 0. The van der Waals surface area contributed by atoms with E-state index in [1.54, 1.807) is 0 Å². The molecule has 0 spiro atoms. The van der Waals surface area contributed by atoms with Gasteiger partial charge in [0.15, 0.2) is 0 Å². The van der Waals surface area contributed by atoms with Crippen molar-refractivity contribution in [3.8, 4) is 0 Å². The van der Waals surface area contributed by atoms with Gasteiger partial charge >= 0.3 is 0 Å². The van der Waals surface area contributed by atoms with E-state index in [-0.39, 0.29) is 0 Å². The van der Waals surface area contributed by atoms with E-state index in [2.05, 4.69) is 24.4 Å². The molecule has 0 aliphatic heterocycles. The van der Waals surface area contributed by atoms with Gasteiger partial charge in [0.1, 0.15) is 0 Å². The van der Waals surface area contributed by atoms with Crippen LogP contribution in [0, 0.1) is 0 Å². The van der Waals surface area contributed by atoms with Gasteiger partial charge in [-0.15, -0.1) is 11.3 Å². The molecule has 0 saturated heterocycles. The van der Waals surface area contributed by atoms with Gasteiger partial charge in [-0.3, -0.25) is 0 Å². The molecule has 0 bridgehead atoms. The Morgan fingerprint density at radius 2 is 1.71 bits per heavy atom. The van der Waals surface area contributed by atoms with Crippen molar-refractivity contribution in [1.82, 2.24) is 5.32 Å². The van der Waals surface area contributed by atoms with Crippen molar-refractivity contribution in [2.24, 2.45) is 0 Å². The number of nitrogens with one attached hydrogen (secondary N) is 1. The van der Waals surface area contributed by atoms with E-state index >= 15 is 0 Å². The van der Waals surface area contributed by atoms with E-state index in [9.17, 15) is 0 Å². The zero-order chi connectivity index (χ0) is 11.9. The summed E-state index contributed by atoms with van der Waals surface area (Å²) in [6.45, 7) is 3.31. The third-order valence-electron chi connectivity index (χ3n) is 3.74. The molecule has 2 heteroatoms. The molecule has 2 rings (SSSR count). The van der Waals surface area contributed by atoms with E-state index in [0.29, 0.717) is 0 Å². The Hall–Kier alpha value is -0.340. The molecular formula is C15H25NS. The first-order valence-corrected chi connectivity index (χ1v) is 8.01. The van der Waals surface area contributed by atoms with Crippen molar-refractivity contribution in [3.05, 3.63) is 21.9 Å². The summed E-state index contributed by atoms with van der Waals surface area (Å²) in [5.74, 6) is 0. The smallest absolute Gasteiger partial charge is 0.0302 e. The maximum absolute atomic E-state index is 3.75. The van der Waals surface area contributed by atoms with Gasteiger partial charge in [-0.05, 0) is 31.4 Å². The number of hydrogen-bond donors (Lipinski definition) is 1. The number of hydrogen-bond acceptors (Lipinski definition) is 2. The van der Waals surface area contributed by atoms with Crippen LogP contribution in [-0.2, 0) is 13.0 Å². The molecule has 1 aliphatic rings. The third-order valence-corrected chi connectivity index (χ3v) is 4.97. The van der Waals surface area contributed by atoms with Gasteiger partial charge in [0.05, 0.1) is 0 Å². The Labute approximate surface area is 110 Å². The Morgan fingerprint density at radius 1 is 1.06 bits per heavy atom. The summed E-state index contributed by atoms with van der Waals surface area (Å²) in [6, 6.07) is 5.33. The monoisotopic (exact) mass is 251 g/mol. The van der Waals surface area contributed by atoms with Crippen molar-refractivity contribution in [2.75, 3.05) is 0 Å². The van der Waals surface area contributed by atoms with Gasteiger partial charge in [0.2, 0.25) is 0 Å². The summed E-state index contributed by atoms with van der Waals surface area (Å²) in [5, 5.41) is 3.75. The first-order chi connectivity index (χ1) is 8.38. The predicted octanol–water partition coefficient (Wildman–Crippen LogP) is 4.51. The van der Waals surface area contributed by atoms with Gasteiger partial charge in [0.25, 0.3) is 0 Å². The van der Waals surface area contributed by atoms with Crippen LogP contribution in [-0.4, -0.2) is 6.04 Å². The minimum Gasteiger partial charge on any atom is -0.309 e. The molecule has 1 aromatic heterocycles. The predicted molar refractivity (Wildman–Crippen MR) is 76.6 cm³/mol. The Bertz CT molecular complexity index is 310. The Balaban J connectivity index is 1.75. The molecule has 0 atom stereocenters. The lowest BCUT2D eigenvalue weighted by Crippen LogP contribution is -2.28. The molecule has 17 heavy (non-hydrogen) atoms. The van der Waals surface area contributed by atoms with Crippen LogP contribution in [0.3, 0.4) is 0 Å².